The fourth-order valence-electron chi connectivity index (χ4n) is 2.78. The number of rotatable bonds is 5. The van der Waals surface area contributed by atoms with Gasteiger partial charge >= 0.3 is 0 Å². The number of ether oxygens (including phenoxy) is 3. The van der Waals surface area contributed by atoms with Crippen LogP contribution < -0.4 is 9.47 Å². The summed E-state index contributed by atoms with van der Waals surface area (Å²) in [4.78, 5) is 14.2. The fourth-order valence-corrected chi connectivity index (χ4v) is 3.07. The third-order valence-electron chi connectivity index (χ3n) is 3.69. The van der Waals surface area contributed by atoms with Crippen LogP contribution in [-0.4, -0.2) is 49.8 Å². The van der Waals surface area contributed by atoms with Crippen molar-refractivity contribution < 1.29 is 19.0 Å². The van der Waals surface area contributed by atoms with Gasteiger partial charge in [0.25, 0.3) is 0 Å². The molecule has 1 fully saturated rings. The lowest BCUT2D eigenvalue weighted by Gasteiger charge is -2.34. The molecule has 24 heavy (non-hydrogen) atoms. The molecule has 0 spiro atoms. The zero-order chi connectivity index (χ0) is 17.7. The molecule has 5 nitrogen and oxygen atoms in total. The third-order valence-corrected chi connectivity index (χ3v) is 3.97. The van der Waals surface area contributed by atoms with Gasteiger partial charge in [0, 0.05) is 19.2 Å². The van der Waals surface area contributed by atoms with E-state index >= 15 is 0 Å². The Morgan fingerprint density at radius 2 is 2.04 bits per heavy atom. The van der Waals surface area contributed by atoms with Gasteiger partial charge in [0.05, 0.1) is 30.9 Å². The molecule has 0 bridgehead atoms. The molecule has 1 saturated heterocycles. The summed E-state index contributed by atoms with van der Waals surface area (Å²) >= 11 is 6.22. The van der Waals surface area contributed by atoms with Crippen LogP contribution in [-0.2, 0) is 9.53 Å². The van der Waals surface area contributed by atoms with E-state index in [0.717, 1.165) is 5.56 Å². The summed E-state index contributed by atoms with van der Waals surface area (Å²) in [6.07, 6.45) is 3.39. The second kappa shape index (κ2) is 8.40. The summed E-state index contributed by atoms with van der Waals surface area (Å²) in [5.74, 6) is 1.02. The molecule has 132 valence electrons. The highest BCUT2D eigenvalue weighted by Gasteiger charge is 2.24. The van der Waals surface area contributed by atoms with E-state index in [1.807, 2.05) is 26.8 Å². The standard InChI is InChI=1S/C18H24ClNO4/c1-5-23-16-9-14(8-15(19)18(16)22-4)6-7-17(21)20-10-12(2)24-13(3)11-20/h6-9,12-13H,5,10-11H2,1-4H3/b7-6+. The molecule has 0 aliphatic carbocycles. The van der Waals surface area contributed by atoms with E-state index < -0.39 is 0 Å². The second-order valence-corrected chi connectivity index (χ2v) is 6.21. The van der Waals surface area contributed by atoms with Gasteiger partial charge < -0.3 is 19.1 Å². The molecule has 2 unspecified atom stereocenters. The first-order valence-electron chi connectivity index (χ1n) is 8.07. The molecule has 1 aliphatic rings. The van der Waals surface area contributed by atoms with Crippen molar-refractivity contribution >= 4 is 23.6 Å². The maximum Gasteiger partial charge on any atom is 0.246 e. The first-order chi connectivity index (χ1) is 11.4. The SMILES string of the molecule is CCOc1cc(/C=C/C(=O)N2CC(C)OC(C)C2)cc(Cl)c1OC. The van der Waals surface area contributed by atoms with Crippen LogP contribution in [0.25, 0.3) is 6.08 Å². The van der Waals surface area contributed by atoms with Crippen LogP contribution in [0.4, 0.5) is 0 Å². The molecule has 2 rings (SSSR count). The summed E-state index contributed by atoms with van der Waals surface area (Å²) in [7, 11) is 1.55. The molecular weight excluding hydrogens is 330 g/mol. The minimum absolute atomic E-state index is 0.0399. The summed E-state index contributed by atoms with van der Waals surface area (Å²) in [5.41, 5.74) is 0.784. The van der Waals surface area contributed by atoms with Gasteiger partial charge in [-0.15, -0.1) is 0 Å². The maximum absolute atomic E-state index is 12.4. The zero-order valence-electron chi connectivity index (χ0n) is 14.5. The number of benzene rings is 1. The molecule has 1 amide bonds. The number of hydrogen-bond acceptors (Lipinski definition) is 4. The van der Waals surface area contributed by atoms with Crippen molar-refractivity contribution in [1.82, 2.24) is 4.90 Å². The predicted octanol–water partition coefficient (Wildman–Crippen LogP) is 3.40. The van der Waals surface area contributed by atoms with Crippen molar-refractivity contribution in [3.63, 3.8) is 0 Å². The van der Waals surface area contributed by atoms with E-state index in [0.29, 0.717) is 36.2 Å². The lowest BCUT2D eigenvalue weighted by molar-refractivity contribution is -0.137. The van der Waals surface area contributed by atoms with Gasteiger partial charge in [0.2, 0.25) is 5.91 Å². The number of methoxy groups -OCH3 is 1. The smallest absolute Gasteiger partial charge is 0.246 e. The Kier molecular flexibility index (Phi) is 6.52. The number of halogens is 1. The van der Waals surface area contributed by atoms with E-state index in [4.69, 9.17) is 25.8 Å². The normalized spacial score (nSPS) is 21.1. The third kappa shape index (κ3) is 4.65. The van der Waals surface area contributed by atoms with E-state index in [-0.39, 0.29) is 18.1 Å². The Balaban J connectivity index is 2.14. The Morgan fingerprint density at radius 3 is 2.62 bits per heavy atom. The van der Waals surface area contributed by atoms with Crippen molar-refractivity contribution in [2.24, 2.45) is 0 Å². The van der Waals surface area contributed by atoms with Crippen molar-refractivity contribution in [2.75, 3.05) is 26.8 Å². The quantitative estimate of drug-likeness (QED) is 0.761. The number of amides is 1. The molecule has 2 atom stereocenters. The lowest BCUT2D eigenvalue weighted by Crippen LogP contribution is -2.47. The Morgan fingerprint density at radius 1 is 1.38 bits per heavy atom. The average Bonchev–Trinajstić information content (AvgIpc) is 2.52. The topological polar surface area (TPSA) is 48.0 Å². The van der Waals surface area contributed by atoms with Crippen LogP contribution in [0.3, 0.4) is 0 Å². The molecule has 1 aromatic rings. The molecule has 1 heterocycles. The van der Waals surface area contributed by atoms with E-state index in [1.54, 1.807) is 30.2 Å². The predicted molar refractivity (Wildman–Crippen MR) is 94.8 cm³/mol. The number of carbonyl (C=O) groups excluding carboxylic acids is 1. The van der Waals surface area contributed by atoms with Crippen LogP contribution in [0.15, 0.2) is 18.2 Å². The van der Waals surface area contributed by atoms with Crippen molar-refractivity contribution in [3.8, 4) is 11.5 Å². The number of carbonyl (C=O) groups is 1. The molecule has 0 radical (unpaired) electrons. The molecule has 1 aliphatic heterocycles. The van der Waals surface area contributed by atoms with Gasteiger partial charge in [-0.1, -0.05) is 11.6 Å². The van der Waals surface area contributed by atoms with Gasteiger partial charge in [0.1, 0.15) is 0 Å². The van der Waals surface area contributed by atoms with Crippen LogP contribution in [0, 0.1) is 0 Å². The summed E-state index contributed by atoms with van der Waals surface area (Å²) in [5, 5.41) is 0.448. The molecule has 0 aromatic heterocycles. The van der Waals surface area contributed by atoms with Gasteiger partial charge in [-0.3, -0.25) is 4.79 Å². The largest absolute Gasteiger partial charge is 0.491 e. The second-order valence-electron chi connectivity index (χ2n) is 5.80. The molecule has 0 saturated carbocycles. The number of morpholine rings is 1. The van der Waals surface area contributed by atoms with Gasteiger partial charge in [-0.2, -0.15) is 0 Å². The van der Waals surface area contributed by atoms with Crippen LogP contribution >= 0.6 is 11.6 Å². The van der Waals surface area contributed by atoms with E-state index in [1.165, 1.54) is 0 Å². The summed E-state index contributed by atoms with van der Waals surface area (Å²) in [6.45, 7) is 7.53. The highest BCUT2D eigenvalue weighted by molar-refractivity contribution is 6.32. The van der Waals surface area contributed by atoms with Crippen LogP contribution in [0.2, 0.25) is 5.02 Å². The molecular formula is C18H24ClNO4. The summed E-state index contributed by atoms with van der Waals surface area (Å²) in [6, 6.07) is 3.56. The van der Waals surface area contributed by atoms with Crippen LogP contribution in [0.1, 0.15) is 26.3 Å². The van der Waals surface area contributed by atoms with Crippen LogP contribution in [0.5, 0.6) is 11.5 Å². The monoisotopic (exact) mass is 353 g/mol. The summed E-state index contributed by atoms with van der Waals surface area (Å²) < 4.78 is 16.5. The van der Waals surface area contributed by atoms with Crippen molar-refractivity contribution in [1.29, 1.82) is 0 Å². The van der Waals surface area contributed by atoms with E-state index in [2.05, 4.69) is 0 Å². The number of nitrogens with zero attached hydrogens (tertiary/aromatic N) is 1. The highest BCUT2D eigenvalue weighted by Crippen LogP contribution is 2.36. The molecule has 6 heteroatoms. The molecule has 1 aromatic carbocycles. The minimum Gasteiger partial charge on any atom is -0.491 e. The first-order valence-corrected chi connectivity index (χ1v) is 8.45. The van der Waals surface area contributed by atoms with E-state index in [9.17, 15) is 4.79 Å². The highest BCUT2D eigenvalue weighted by atomic mass is 35.5. The number of hydrogen-bond donors (Lipinski definition) is 0. The minimum atomic E-state index is -0.0399. The van der Waals surface area contributed by atoms with Crippen molar-refractivity contribution in [2.45, 2.75) is 33.0 Å². The Hall–Kier alpha value is -1.72. The van der Waals surface area contributed by atoms with Crippen molar-refractivity contribution in [3.05, 3.63) is 28.8 Å². The zero-order valence-corrected chi connectivity index (χ0v) is 15.3. The Bertz CT molecular complexity index is 607. The van der Waals surface area contributed by atoms with Gasteiger partial charge in [-0.25, -0.2) is 0 Å². The van der Waals surface area contributed by atoms with Gasteiger partial charge in [0.15, 0.2) is 11.5 Å². The maximum atomic E-state index is 12.4. The molecule has 0 N–H and O–H groups in total. The fraction of sp³-hybridized carbons (Fsp3) is 0.500. The Labute approximate surface area is 148 Å². The average molecular weight is 354 g/mol. The first kappa shape index (κ1) is 18.6. The lowest BCUT2D eigenvalue weighted by atomic mass is 10.1. The van der Waals surface area contributed by atoms with Gasteiger partial charge in [-0.05, 0) is 44.5 Å².